The molecular weight excluding hydrogens is 428 g/mol. The summed E-state index contributed by atoms with van der Waals surface area (Å²) in [6, 6.07) is 12.4. The molecule has 174 valence electrons. The maximum Gasteiger partial charge on any atom is 0.243 e. The van der Waals surface area contributed by atoms with E-state index in [0.717, 1.165) is 16.9 Å². The lowest BCUT2D eigenvalue weighted by molar-refractivity contribution is -0.126. The van der Waals surface area contributed by atoms with Crippen molar-refractivity contribution in [1.82, 2.24) is 9.62 Å². The van der Waals surface area contributed by atoms with Crippen LogP contribution in [0.15, 0.2) is 47.4 Å². The molecule has 0 unspecified atom stereocenters. The second-order valence-electron chi connectivity index (χ2n) is 8.04. The normalized spacial score (nSPS) is 16.4. The first kappa shape index (κ1) is 24.1. The zero-order valence-electron chi connectivity index (χ0n) is 19.1. The van der Waals surface area contributed by atoms with Crippen LogP contribution in [0.25, 0.3) is 0 Å². The van der Waals surface area contributed by atoms with E-state index in [-0.39, 0.29) is 22.8 Å². The summed E-state index contributed by atoms with van der Waals surface area (Å²) in [4.78, 5) is 13.0. The first-order valence-electron chi connectivity index (χ1n) is 10.9. The van der Waals surface area contributed by atoms with Crippen LogP contribution in [0.3, 0.4) is 0 Å². The molecule has 0 bridgehead atoms. The molecule has 0 aromatic heterocycles. The molecule has 8 heteroatoms. The Morgan fingerprint density at radius 2 is 1.81 bits per heavy atom. The van der Waals surface area contributed by atoms with E-state index in [0.29, 0.717) is 38.3 Å². The van der Waals surface area contributed by atoms with E-state index in [1.165, 1.54) is 4.31 Å². The van der Waals surface area contributed by atoms with Crippen LogP contribution < -0.4 is 14.8 Å². The van der Waals surface area contributed by atoms with Gasteiger partial charge in [0.1, 0.15) is 11.5 Å². The number of benzene rings is 2. The van der Waals surface area contributed by atoms with Crippen molar-refractivity contribution in [3.63, 3.8) is 0 Å². The Bertz CT molecular complexity index is 1030. The number of nitrogens with zero attached hydrogens (tertiary/aromatic N) is 1. The maximum absolute atomic E-state index is 13.1. The van der Waals surface area contributed by atoms with Crippen molar-refractivity contribution >= 4 is 15.9 Å². The summed E-state index contributed by atoms with van der Waals surface area (Å²) in [6.07, 6.45) is 0.993. The topological polar surface area (TPSA) is 84.9 Å². The average molecular weight is 461 g/mol. The van der Waals surface area contributed by atoms with Gasteiger partial charge in [-0.25, -0.2) is 8.42 Å². The van der Waals surface area contributed by atoms with Crippen molar-refractivity contribution in [1.29, 1.82) is 0 Å². The molecule has 0 aliphatic carbocycles. The van der Waals surface area contributed by atoms with Gasteiger partial charge >= 0.3 is 0 Å². The van der Waals surface area contributed by atoms with Crippen LogP contribution in [0.4, 0.5) is 0 Å². The summed E-state index contributed by atoms with van der Waals surface area (Å²) in [7, 11) is -1.99. The third-order valence-electron chi connectivity index (χ3n) is 5.88. The van der Waals surface area contributed by atoms with Gasteiger partial charge in [0.2, 0.25) is 15.9 Å². The molecule has 2 aromatic carbocycles. The summed E-state index contributed by atoms with van der Waals surface area (Å²) in [5, 5.41) is 3.05. The SMILES string of the molecule is CCOc1ccc(S(=O)(=O)N2CCC(C(=O)N[C@H](C)c3ccc(OC)cc3)CC2)cc1C. The van der Waals surface area contributed by atoms with Gasteiger partial charge in [-0.2, -0.15) is 4.31 Å². The smallest absolute Gasteiger partial charge is 0.243 e. The molecular formula is C24H32N2O5S. The standard InChI is InChI=1S/C24H32N2O5S/c1-5-31-23-11-10-22(16-17(23)2)32(28,29)26-14-12-20(13-15-26)24(27)25-18(3)19-6-8-21(30-4)9-7-19/h6-11,16,18,20H,5,12-15H2,1-4H3,(H,25,27)/t18-/m1/s1. The number of aryl methyl sites for hydroxylation is 1. The number of ether oxygens (including phenoxy) is 2. The largest absolute Gasteiger partial charge is 0.497 e. The number of amides is 1. The molecule has 2 aromatic rings. The van der Waals surface area contributed by atoms with Crippen LogP contribution in [0.2, 0.25) is 0 Å². The predicted octanol–water partition coefficient (Wildman–Crippen LogP) is 3.68. The number of carbonyl (C=O) groups excluding carboxylic acids is 1. The molecule has 0 radical (unpaired) electrons. The maximum atomic E-state index is 13.1. The number of sulfonamides is 1. The van der Waals surface area contributed by atoms with Crippen molar-refractivity contribution in [2.24, 2.45) is 5.92 Å². The van der Waals surface area contributed by atoms with Crippen molar-refractivity contribution in [3.05, 3.63) is 53.6 Å². The van der Waals surface area contributed by atoms with Crippen molar-refractivity contribution < 1.29 is 22.7 Å². The molecule has 1 fully saturated rings. The molecule has 1 atom stereocenters. The number of hydrogen-bond donors (Lipinski definition) is 1. The van der Waals surface area contributed by atoms with Crippen LogP contribution in [0.1, 0.15) is 43.9 Å². The van der Waals surface area contributed by atoms with Crippen molar-refractivity contribution in [2.75, 3.05) is 26.8 Å². The Morgan fingerprint density at radius 3 is 2.38 bits per heavy atom. The van der Waals surface area contributed by atoms with Crippen LogP contribution >= 0.6 is 0 Å². The lowest BCUT2D eigenvalue weighted by Crippen LogP contribution is -2.43. The lowest BCUT2D eigenvalue weighted by atomic mass is 9.96. The minimum Gasteiger partial charge on any atom is -0.497 e. The fourth-order valence-electron chi connectivity index (χ4n) is 3.91. The van der Waals surface area contributed by atoms with Crippen LogP contribution in [-0.4, -0.2) is 45.4 Å². The highest BCUT2D eigenvalue weighted by molar-refractivity contribution is 7.89. The van der Waals surface area contributed by atoms with E-state index in [2.05, 4.69) is 5.32 Å². The van der Waals surface area contributed by atoms with Crippen molar-refractivity contribution in [2.45, 2.75) is 44.6 Å². The van der Waals surface area contributed by atoms with Crippen molar-refractivity contribution in [3.8, 4) is 11.5 Å². The third-order valence-corrected chi connectivity index (χ3v) is 7.78. The lowest BCUT2D eigenvalue weighted by Gasteiger charge is -2.31. The van der Waals surface area contributed by atoms with E-state index < -0.39 is 10.0 Å². The molecule has 1 saturated heterocycles. The number of carbonyl (C=O) groups is 1. The molecule has 3 rings (SSSR count). The summed E-state index contributed by atoms with van der Waals surface area (Å²) in [5.74, 6) is 1.21. The number of piperidine rings is 1. The van der Waals surface area contributed by atoms with Gasteiger partial charge in [-0.05, 0) is 75.1 Å². The zero-order valence-corrected chi connectivity index (χ0v) is 19.9. The van der Waals surface area contributed by atoms with E-state index in [1.807, 2.05) is 45.0 Å². The molecule has 7 nitrogen and oxygen atoms in total. The van der Waals surface area contributed by atoms with Gasteiger partial charge in [0.15, 0.2) is 0 Å². The van der Waals surface area contributed by atoms with Gasteiger partial charge in [-0.1, -0.05) is 12.1 Å². The highest BCUT2D eigenvalue weighted by atomic mass is 32.2. The molecule has 1 heterocycles. The van der Waals surface area contributed by atoms with Gasteiger partial charge in [-0.15, -0.1) is 0 Å². The van der Waals surface area contributed by atoms with Gasteiger partial charge < -0.3 is 14.8 Å². The highest BCUT2D eigenvalue weighted by Gasteiger charge is 2.32. The quantitative estimate of drug-likeness (QED) is 0.650. The van der Waals surface area contributed by atoms with Crippen LogP contribution in [0.5, 0.6) is 11.5 Å². The molecule has 1 N–H and O–H groups in total. The van der Waals surface area contributed by atoms with E-state index in [1.54, 1.807) is 25.3 Å². The summed E-state index contributed by atoms with van der Waals surface area (Å²) >= 11 is 0. The first-order chi connectivity index (χ1) is 15.3. The fourth-order valence-corrected chi connectivity index (χ4v) is 5.47. The minimum atomic E-state index is -3.60. The Balaban J connectivity index is 1.58. The molecule has 1 aliphatic rings. The fraction of sp³-hybridized carbons (Fsp3) is 0.458. The van der Waals surface area contributed by atoms with Crippen LogP contribution in [-0.2, 0) is 14.8 Å². The summed E-state index contributed by atoms with van der Waals surface area (Å²) < 4.78 is 38.3. The predicted molar refractivity (Wildman–Crippen MR) is 123 cm³/mol. The van der Waals surface area contributed by atoms with Gasteiger partial charge in [0.05, 0.1) is 24.7 Å². The summed E-state index contributed by atoms with van der Waals surface area (Å²) in [6.45, 7) is 6.84. The second kappa shape index (κ2) is 10.4. The number of hydrogen-bond acceptors (Lipinski definition) is 5. The number of rotatable bonds is 8. The van der Waals surface area contributed by atoms with E-state index in [4.69, 9.17) is 9.47 Å². The molecule has 32 heavy (non-hydrogen) atoms. The van der Waals surface area contributed by atoms with Gasteiger partial charge in [-0.3, -0.25) is 4.79 Å². The summed E-state index contributed by atoms with van der Waals surface area (Å²) in [5.41, 5.74) is 1.78. The Morgan fingerprint density at radius 1 is 1.16 bits per heavy atom. The van der Waals surface area contributed by atoms with Gasteiger partial charge in [0, 0.05) is 19.0 Å². The molecule has 0 saturated carbocycles. The second-order valence-corrected chi connectivity index (χ2v) is 9.98. The van der Waals surface area contributed by atoms with Gasteiger partial charge in [0.25, 0.3) is 0 Å². The van der Waals surface area contributed by atoms with E-state index in [9.17, 15) is 13.2 Å². The molecule has 1 amide bonds. The number of nitrogens with one attached hydrogen (secondary N) is 1. The molecule has 1 aliphatic heterocycles. The first-order valence-corrected chi connectivity index (χ1v) is 12.4. The monoisotopic (exact) mass is 460 g/mol. The Labute approximate surface area is 190 Å². The van der Waals surface area contributed by atoms with E-state index >= 15 is 0 Å². The average Bonchev–Trinajstić information content (AvgIpc) is 2.80. The molecule has 0 spiro atoms. The zero-order chi connectivity index (χ0) is 23.3. The Hall–Kier alpha value is -2.58. The third kappa shape index (κ3) is 5.42. The Kier molecular flexibility index (Phi) is 7.79. The van der Waals surface area contributed by atoms with Crippen LogP contribution in [0, 0.1) is 12.8 Å². The highest BCUT2D eigenvalue weighted by Crippen LogP contribution is 2.28. The minimum absolute atomic E-state index is 0.0396. The number of methoxy groups -OCH3 is 1.